The number of pyridine rings is 1. The van der Waals surface area contributed by atoms with E-state index in [0.29, 0.717) is 0 Å². The summed E-state index contributed by atoms with van der Waals surface area (Å²) in [7, 11) is 0. The molecule has 8 rings (SSSR count). The number of para-hydroxylation sites is 2. The monoisotopic (exact) mass is 485 g/mol. The van der Waals surface area contributed by atoms with Crippen LogP contribution in [0.25, 0.3) is 66.1 Å². The van der Waals surface area contributed by atoms with E-state index < -0.39 is 0 Å². The fourth-order valence-electron chi connectivity index (χ4n) is 5.92. The predicted molar refractivity (Wildman–Crippen MR) is 158 cm³/mol. The summed E-state index contributed by atoms with van der Waals surface area (Å²) in [5, 5.41) is 6.06. The maximum absolute atomic E-state index is 5.04. The maximum Gasteiger partial charge on any atom is 0.145 e. The van der Waals surface area contributed by atoms with Crippen LogP contribution in [0.4, 0.5) is 0 Å². The molecule has 3 aromatic heterocycles. The zero-order chi connectivity index (χ0) is 25.1. The van der Waals surface area contributed by atoms with Gasteiger partial charge in [0.1, 0.15) is 5.82 Å². The van der Waals surface area contributed by atoms with Crippen LogP contribution in [-0.2, 0) is 0 Å². The molecule has 178 valence electrons. The lowest BCUT2D eigenvalue weighted by Crippen LogP contribution is -1.99. The summed E-state index contributed by atoms with van der Waals surface area (Å²) in [6.07, 6.45) is 4.17. The largest absolute Gasteiger partial charge is 0.309 e. The van der Waals surface area contributed by atoms with Crippen molar-refractivity contribution >= 4 is 43.5 Å². The molecule has 5 aromatic carbocycles. The van der Waals surface area contributed by atoms with Gasteiger partial charge < -0.3 is 9.13 Å². The number of hydrogen-bond donors (Lipinski definition) is 0. The Kier molecular flexibility index (Phi) is 4.52. The van der Waals surface area contributed by atoms with Crippen LogP contribution in [0, 0.1) is 0 Å². The standard InChI is InChI=1S/C35H23N3/c1-3-11-24(12-4-1)31-23-36-35(29-17-8-7-15-26(29)31)37-22-21-30-32(37)20-19-28-27-16-9-10-18-33(27)38(34(28)30)25-13-5-2-6-14-25/h1-23H. The van der Waals surface area contributed by atoms with Crippen LogP contribution in [-0.4, -0.2) is 14.1 Å². The fraction of sp³-hybridized carbons (Fsp3) is 0. The van der Waals surface area contributed by atoms with Crippen LogP contribution in [0.1, 0.15) is 0 Å². The number of fused-ring (bicyclic) bond motifs is 6. The number of rotatable bonds is 3. The molecule has 0 saturated heterocycles. The SMILES string of the molecule is c1ccc(-c2cnc(-n3ccc4c3ccc3c5ccccc5n(-c5ccccc5)c34)c3ccccc23)cc1. The summed E-state index contributed by atoms with van der Waals surface area (Å²) in [4.78, 5) is 5.04. The first kappa shape index (κ1) is 21.0. The second-order valence-corrected chi connectivity index (χ2v) is 9.68. The van der Waals surface area contributed by atoms with Crippen LogP contribution >= 0.6 is 0 Å². The average Bonchev–Trinajstić information content (AvgIpc) is 3.57. The number of hydrogen-bond acceptors (Lipinski definition) is 1. The van der Waals surface area contributed by atoms with E-state index in [2.05, 4.69) is 143 Å². The van der Waals surface area contributed by atoms with Crippen LogP contribution in [0.3, 0.4) is 0 Å². The molecule has 0 unspecified atom stereocenters. The Morgan fingerprint density at radius 1 is 0.474 bits per heavy atom. The lowest BCUT2D eigenvalue weighted by atomic mass is 10.0. The lowest BCUT2D eigenvalue weighted by Gasteiger charge is -2.13. The Balaban J connectivity index is 1.43. The Morgan fingerprint density at radius 3 is 1.97 bits per heavy atom. The van der Waals surface area contributed by atoms with Gasteiger partial charge in [-0.2, -0.15) is 0 Å². The first-order chi connectivity index (χ1) is 18.9. The quantitative estimate of drug-likeness (QED) is 0.245. The Labute approximate surface area is 219 Å². The zero-order valence-corrected chi connectivity index (χ0v) is 20.6. The van der Waals surface area contributed by atoms with Crippen molar-refractivity contribution in [3.63, 3.8) is 0 Å². The summed E-state index contributed by atoms with van der Waals surface area (Å²) < 4.78 is 4.63. The average molecular weight is 486 g/mol. The first-order valence-electron chi connectivity index (χ1n) is 12.9. The van der Waals surface area contributed by atoms with Gasteiger partial charge in [0.05, 0.1) is 16.6 Å². The van der Waals surface area contributed by atoms with Crippen molar-refractivity contribution in [1.82, 2.24) is 14.1 Å². The molecule has 8 aromatic rings. The van der Waals surface area contributed by atoms with Gasteiger partial charge in [-0.15, -0.1) is 0 Å². The maximum atomic E-state index is 5.04. The molecular formula is C35H23N3. The highest BCUT2D eigenvalue weighted by Crippen LogP contribution is 2.38. The van der Waals surface area contributed by atoms with E-state index in [0.717, 1.165) is 28.0 Å². The minimum absolute atomic E-state index is 0.942. The van der Waals surface area contributed by atoms with E-state index in [1.807, 2.05) is 6.20 Å². The van der Waals surface area contributed by atoms with Gasteiger partial charge in [-0.1, -0.05) is 97.1 Å². The summed E-state index contributed by atoms with van der Waals surface area (Å²) >= 11 is 0. The number of nitrogens with zero attached hydrogens (tertiary/aromatic N) is 3. The van der Waals surface area contributed by atoms with Crippen molar-refractivity contribution < 1.29 is 0 Å². The van der Waals surface area contributed by atoms with E-state index >= 15 is 0 Å². The van der Waals surface area contributed by atoms with Gasteiger partial charge in [0.15, 0.2) is 0 Å². The lowest BCUT2D eigenvalue weighted by molar-refractivity contribution is 1.06. The molecule has 3 heterocycles. The minimum atomic E-state index is 0.942. The molecule has 0 spiro atoms. The molecule has 3 nitrogen and oxygen atoms in total. The molecule has 0 fully saturated rings. The van der Waals surface area contributed by atoms with Crippen molar-refractivity contribution in [3.05, 3.63) is 140 Å². The number of benzene rings is 5. The molecule has 38 heavy (non-hydrogen) atoms. The van der Waals surface area contributed by atoms with Crippen LogP contribution in [0.2, 0.25) is 0 Å². The van der Waals surface area contributed by atoms with E-state index in [-0.39, 0.29) is 0 Å². The van der Waals surface area contributed by atoms with Gasteiger partial charge in [-0.25, -0.2) is 4.98 Å². The van der Waals surface area contributed by atoms with Gasteiger partial charge in [-0.3, -0.25) is 0 Å². The summed E-state index contributed by atoms with van der Waals surface area (Å²) in [5.74, 6) is 0.942. The third-order valence-corrected chi connectivity index (χ3v) is 7.60. The van der Waals surface area contributed by atoms with Gasteiger partial charge in [0, 0.05) is 45.2 Å². The summed E-state index contributed by atoms with van der Waals surface area (Å²) in [6, 6.07) is 45.1. The molecule has 3 heteroatoms. The molecule has 0 amide bonds. The van der Waals surface area contributed by atoms with E-state index in [1.165, 1.54) is 38.1 Å². The van der Waals surface area contributed by atoms with E-state index in [9.17, 15) is 0 Å². The molecule has 0 aliphatic heterocycles. The first-order valence-corrected chi connectivity index (χ1v) is 12.9. The second-order valence-electron chi connectivity index (χ2n) is 9.68. The van der Waals surface area contributed by atoms with Crippen LogP contribution < -0.4 is 0 Å². The minimum Gasteiger partial charge on any atom is -0.309 e. The third-order valence-electron chi connectivity index (χ3n) is 7.60. The van der Waals surface area contributed by atoms with Gasteiger partial charge in [0.25, 0.3) is 0 Å². The van der Waals surface area contributed by atoms with E-state index in [4.69, 9.17) is 4.98 Å². The molecule has 0 aliphatic rings. The van der Waals surface area contributed by atoms with Crippen molar-refractivity contribution in [2.45, 2.75) is 0 Å². The predicted octanol–water partition coefficient (Wildman–Crippen LogP) is 8.94. The second kappa shape index (κ2) is 8.19. The van der Waals surface area contributed by atoms with Gasteiger partial charge in [0.2, 0.25) is 0 Å². The Morgan fingerprint density at radius 2 is 1.16 bits per heavy atom. The van der Waals surface area contributed by atoms with Crippen molar-refractivity contribution in [2.24, 2.45) is 0 Å². The Bertz CT molecular complexity index is 2120. The van der Waals surface area contributed by atoms with Gasteiger partial charge in [-0.05, 0) is 41.3 Å². The van der Waals surface area contributed by atoms with Crippen LogP contribution in [0.15, 0.2) is 140 Å². The number of aromatic nitrogens is 3. The topological polar surface area (TPSA) is 22.8 Å². The highest BCUT2D eigenvalue weighted by molar-refractivity contribution is 6.18. The van der Waals surface area contributed by atoms with Crippen molar-refractivity contribution in [1.29, 1.82) is 0 Å². The molecule has 0 radical (unpaired) electrons. The molecule has 0 bridgehead atoms. The molecule has 0 atom stereocenters. The Hall–Kier alpha value is -5.15. The summed E-state index contributed by atoms with van der Waals surface area (Å²) in [5.41, 5.74) is 7.06. The van der Waals surface area contributed by atoms with Crippen molar-refractivity contribution in [3.8, 4) is 22.6 Å². The molecular weight excluding hydrogens is 462 g/mol. The van der Waals surface area contributed by atoms with E-state index in [1.54, 1.807) is 0 Å². The summed E-state index contributed by atoms with van der Waals surface area (Å²) in [6.45, 7) is 0. The molecule has 0 N–H and O–H groups in total. The smallest absolute Gasteiger partial charge is 0.145 e. The highest BCUT2D eigenvalue weighted by Gasteiger charge is 2.18. The van der Waals surface area contributed by atoms with Crippen LogP contribution in [0.5, 0.6) is 0 Å². The highest BCUT2D eigenvalue weighted by atomic mass is 15.1. The van der Waals surface area contributed by atoms with Gasteiger partial charge >= 0.3 is 0 Å². The fourth-order valence-corrected chi connectivity index (χ4v) is 5.92. The van der Waals surface area contributed by atoms with Crippen molar-refractivity contribution in [2.75, 3.05) is 0 Å². The normalized spacial score (nSPS) is 11.7. The molecule has 0 saturated carbocycles. The zero-order valence-electron chi connectivity index (χ0n) is 20.6. The molecule has 0 aliphatic carbocycles. The third kappa shape index (κ3) is 2.99.